The summed E-state index contributed by atoms with van der Waals surface area (Å²) >= 11 is 0. The number of hydrogen-bond acceptors (Lipinski definition) is 1. The Kier molecular flexibility index (Phi) is 7.88. The van der Waals surface area contributed by atoms with E-state index in [2.05, 4.69) is 180 Å². The van der Waals surface area contributed by atoms with Crippen molar-refractivity contribution in [2.24, 2.45) is 0 Å². The van der Waals surface area contributed by atoms with Gasteiger partial charge in [-0.2, -0.15) is 5.26 Å². The Balaban J connectivity index is 1.17. The molecule has 2 heterocycles. The number of aromatic amines is 2. The first-order valence-corrected chi connectivity index (χ1v) is 19.6. The van der Waals surface area contributed by atoms with Gasteiger partial charge in [0, 0.05) is 54.8 Å². The number of benzene rings is 9. The minimum atomic E-state index is 0.601. The molecule has 2 aromatic heterocycles. The zero-order valence-corrected chi connectivity index (χ0v) is 31.4. The monoisotopic (exact) mass is 736 g/mol. The molecule has 0 saturated heterocycles. The van der Waals surface area contributed by atoms with Gasteiger partial charge in [-0.15, -0.1) is 0 Å². The Morgan fingerprint density at radius 3 is 1.09 bits per heavy atom. The van der Waals surface area contributed by atoms with Crippen LogP contribution in [-0.2, 0) is 0 Å². The van der Waals surface area contributed by atoms with Crippen LogP contribution >= 0.6 is 0 Å². The summed E-state index contributed by atoms with van der Waals surface area (Å²) in [5.41, 5.74) is 17.3. The molecule has 0 spiro atoms. The third-order valence-corrected chi connectivity index (χ3v) is 11.5. The van der Waals surface area contributed by atoms with Crippen LogP contribution in [0.15, 0.2) is 194 Å². The van der Waals surface area contributed by atoms with Crippen molar-refractivity contribution in [2.45, 2.75) is 0 Å². The minimum Gasteiger partial charge on any atom is -0.354 e. The van der Waals surface area contributed by atoms with Gasteiger partial charge in [0.1, 0.15) is 6.07 Å². The van der Waals surface area contributed by atoms with Crippen LogP contribution in [0, 0.1) is 17.4 Å². The largest absolute Gasteiger partial charge is 0.354 e. The summed E-state index contributed by atoms with van der Waals surface area (Å²) < 4.78 is 0. The Morgan fingerprint density at radius 1 is 0.345 bits per heavy atom. The first kappa shape index (κ1) is 33.4. The zero-order chi connectivity index (χ0) is 38.6. The molecule has 0 amide bonds. The van der Waals surface area contributed by atoms with Crippen molar-refractivity contribution in [1.29, 1.82) is 5.26 Å². The van der Waals surface area contributed by atoms with Crippen molar-refractivity contribution >= 4 is 43.6 Å². The molecule has 2 N–H and O–H groups in total. The first-order valence-electron chi connectivity index (χ1n) is 19.6. The van der Waals surface area contributed by atoms with Crippen LogP contribution in [0.1, 0.15) is 5.56 Å². The normalized spacial score (nSPS) is 11.4. The summed E-state index contributed by atoms with van der Waals surface area (Å²) in [5, 5.41) is 15.8. The zero-order valence-electron chi connectivity index (χ0n) is 31.4. The molecule has 3 heteroatoms. The van der Waals surface area contributed by atoms with Gasteiger partial charge in [0.05, 0.1) is 16.6 Å². The molecule has 269 valence electrons. The van der Waals surface area contributed by atoms with E-state index in [0.717, 1.165) is 99.2 Å². The van der Waals surface area contributed by atoms with Crippen molar-refractivity contribution < 1.29 is 0 Å². The second-order valence-corrected chi connectivity index (χ2v) is 14.9. The number of nitrogens with one attached hydrogen (secondary N) is 2. The van der Waals surface area contributed by atoms with Crippen molar-refractivity contribution in [1.82, 2.24) is 9.97 Å². The Labute approximate surface area is 336 Å². The number of hydrogen-bond donors (Lipinski definition) is 2. The summed E-state index contributed by atoms with van der Waals surface area (Å²) in [7, 11) is 0. The lowest BCUT2D eigenvalue weighted by atomic mass is 9.88. The number of nitriles is 1. The van der Waals surface area contributed by atoms with Crippen molar-refractivity contribution in [3.63, 3.8) is 0 Å². The number of nitrogens with zero attached hydrogens (tertiary/aromatic N) is 1. The van der Waals surface area contributed by atoms with Gasteiger partial charge in [-0.25, -0.2) is 0 Å². The molecule has 11 rings (SSSR count). The second kappa shape index (κ2) is 13.7. The number of H-pyrrole nitrogens is 2. The molecular formula is C55H34N3. The molecule has 0 atom stereocenters. The lowest BCUT2D eigenvalue weighted by Gasteiger charge is -2.15. The van der Waals surface area contributed by atoms with E-state index >= 15 is 0 Å². The van der Waals surface area contributed by atoms with Crippen LogP contribution in [0.5, 0.6) is 0 Å². The average Bonchev–Trinajstić information content (AvgIpc) is 3.87. The fourth-order valence-corrected chi connectivity index (χ4v) is 8.68. The molecule has 0 aliphatic carbocycles. The maximum absolute atomic E-state index is 11.3. The highest BCUT2D eigenvalue weighted by Gasteiger charge is 2.21. The van der Waals surface area contributed by atoms with E-state index < -0.39 is 0 Å². The smallest absolute Gasteiger partial charge is 0.100 e. The van der Waals surface area contributed by atoms with Crippen LogP contribution in [0.25, 0.3) is 110 Å². The van der Waals surface area contributed by atoms with Crippen LogP contribution < -0.4 is 0 Å². The van der Waals surface area contributed by atoms with Crippen LogP contribution in [0.2, 0.25) is 0 Å². The van der Waals surface area contributed by atoms with E-state index in [1.54, 1.807) is 0 Å². The molecule has 0 saturated carbocycles. The summed E-state index contributed by atoms with van der Waals surface area (Å²) in [6.45, 7) is 0. The maximum Gasteiger partial charge on any atom is 0.100 e. The average molecular weight is 737 g/mol. The first-order chi connectivity index (χ1) is 28.7. The number of aromatic nitrogens is 2. The van der Waals surface area contributed by atoms with E-state index in [1.165, 1.54) is 11.1 Å². The second-order valence-electron chi connectivity index (χ2n) is 14.9. The van der Waals surface area contributed by atoms with Gasteiger partial charge in [0.25, 0.3) is 0 Å². The third kappa shape index (κ3) is 5.59. The number of rotatable bonds is 6. The molecule has 1 radical (unpaired) electrons. The summed E-state index contributed by atoms with van der Waals surface area (Å²) in [6, 6.07) is 74.4. The predicted octanol–water partition coefficient (Wildman–Crippen LogP) is 14.6. The molecular weight excluding hydrogens is 703 g/mol. The molecule has 0 bridgehead atoms. The highest BCUT2D eigenvalue weighted by atomic mass is 14.7. The number of fused-ring (bicyclic) bond motifs is 6. The molecule has 0 aliphatic heterocycles. The Bertz CT molecular complexity index is 3150. The molecule has 58 heavy (non-hydrogen) atoms. The standard InChI is InChI=1S/C55H34N3/c56-34-51-43(47-30-41(37-18-9-3-10-19-37)32-49-45-28-39(35-14-5-1-6-15-35)24-26-52(45)57-54(47)49)22-13-23-44(51)48-31-42(38-20-11-4-12-21-38)33-50-46-29-40(36-16-7-2-8-17-36)25-27-53(46)58-55(48)50/h1-12,14-33,57-58H. The van der Waals surface area contributed by atoms with Gasteiger partial charge < -0.3 is 9.97 Å². The molecule has 0 aliphatic rings. The quantitative estimate of drug-likeness (QED) is 0.175. The van der Waals surface area contributed by atoms with Crippen molar-refractivity contribution in [2.75, 3.05) is 0 Å². The lowest BCUT2D eigenvalue weighted by Crippen LogP contribution is -1.93. The van der Waals surface area contributed by atoms with E-state index in [1.807, 2.05) is 36.4 Å². The van der Waals surface area contributed by atoms with Gasteiger partial charge >= 0.3 is 0 Å². The van der Waals surface area contributed by atoms with E-state index in [4.69, 9.17) is 0 Å². The Hall–Kier alpha value is -7.93. The van der Waals surface area contributed by atoms with Gasteiger partial charge in [-0.05, 0) is 111 Å². The van der Waals surface area contributed by atoms with Crippen LogP contribution in [-0.4, -0.2) is 9.97 Å². The molecule has 9 aromatic carbocycles. The molecule has 3 nitrogen and oxygen atoms in total. The van der Waals surface area contributed by atoms with Gasteiger partial charge in [0.15, 0.2) is 0 Å². The maximum atomic E-state index is 11.3. The third-order valence-electron chi connectivity index (χ3n) is 11.5. The van der Waals surface area contributed by atoms with Gasteiger partial charge in [-0.1, -0.05) is 133 Å². The topological polar surface area (TPSA) is 55.4 Å². The highest BCUT2D eigenvalue weighted by molar-refractivity contribution is 6.17. The summed E-state index contributed by atoms with van der Waals surface area (Å²) in [5.74, 6) is 0. The van der Waals surface area contributed by atoms with Gasteiger partial charge in [0.2, 0.25) is 0 Å². The van der Waals surface area contributed by atoms with Crippen LogP contribution in [0.4, 0.5) is 0 Å². The lowest BCUT2D eigenvalue weighted by molar-refractivity contribution is 1.46. The molecule has 11 aromatic rings. The van der Waals surface area contributed by atoms with E-state index in [0.29, 0.717) is 5.56 Å². The minimum absolute atomic E-state index is 0.601. The summed E-state index contributed by atoms with van der Waals surface area (Å²) in [4.78, 5) is 7.56. The van der Waals surface area contributed by atoms with E-state index in [9.17, 15) is 5.26 Å². The van der Waals surface area contributed by atoms with Crippen molar-refractivity contribution in [3.05, 3.63) is 206 Å². The highest BCUT2D eigenvalue weighted by Crippen LogP contribution is 2.44. The molecule has 0 unspecified atom stereocenters. The summed E-state index contributed by atoms with van der Waals surface area (Å²) in [6.07, 6.45) is 0. The fourth-order valence-electron chi connectivity index (χ4n) is 8.68. The predicted molar refractivity (Wildman–Crippen MR) is 241 cm³/mol. The fraction of sp³-hybridized carbons (Fsp3) is 0. The van der Waals surface area contributed by atoms with Gasteiger partial charge in [-0.3, -0.25) is 0 Å². The SMILES string of the molecule is N#Cc1c(-c2cc(-c3ccccc3)cc3c2[nH]c2ccc(-c4ccccc4)cc23)c[c]cc1-c1cc(-c2ccccc2)cc2c1[nH]c1ccc(-c3ccccc3)cc12. The molecule has 0 fully saturated rings. The van der Waals surface area contributed by atoms with Crippen molar-refractivity contribution in [3.8, 4) is 72.8 Å². The Morgan fingerprint density at radius 2 is 0.707 bits per heavy atom. The van der Waals surface area contributed by atoms with Crippen LogP contribution in [0.3, 0.4) is 0 Å². The van der Waals surface area contributed by atoms with E-state index in [-0.39, 0.29) is 0 Å².